The highest BCUT2D eigenvalue weighted by molar-refractivity contribution is 14.1. The van der Waals surface area contributed by atoms with Crippen molar-refractivity contribution in [2.75, 3.05) is 0 Å². The molecule has 78 valence electrons. The van der Waals surface area contributed by atoms with Crippen molar-refractivity contribution in [2.45, 2.75) is 6.36 Å². The Morgan fingerprint density at radius 1 is 1.14 bits per heavy atom. The van der Waals surface area contributed by atoms with Crippen LogP contribution in [0.25, 0.3) is 0 Å². The van der Waals surface area contributed by atoms with Gasteiger partial charge < -0.3 is 4.74 Å². The molecule has 1 rings (SSSR count). The van der Waals surface area contributed by atoms with Crippen LogP contribution < -0.4 is 4.74 Å². The maximum atomic E-state index is 11.9. The number of halogens is 6. The largest absolute Gasteiger partial charge is 0.573 e. The van der Waals surface area contributed by atoms with Gasteiger partial charge in [-0.25, -0.2) is 4.98 Å². The van der Waals surface area contributed by atoms with Crippen molar-refractivity contribution in [3.05, 3.63) is 17.0 Å². The Morgan fingerprint density at radius 2 is 1.71 bits per heavy atom. The monoisotopic (exact) mass is 541 g/mol. The van der Waals surface area contributed by atoms with Crippen molar-refractivity contribution >= 4 is 67.8 Å². The van der Waals surface area contributed by atoms with Crippen LogP contribution in [0.2, 0.25) is 0 Å². The number of aromatic nitrogens is 1. The van der Waals surface area contributed by atoms with E-state index in [0.717, 1.165) is 6.20 Å². The Bertz CT molecular complexity index is 355. The lowest BCUT2D eigenvalue weighted by Crippen LogP contribution is -2.18. The van der Waals surface area contributed by atoms with E-state index in [2.05, 4.69) is 9.72 Å². The molecule has 0 saturated carbocycles. The van der Waals surface area contributed by atoms with Gasteiger partial charge in [-0.1, -0.05) is 0 Å². The molecule has 1 aromatic rings. The van der Waals surface area contributed by atoms with Crippen LogP contribution in [0.4, 0.5) is 13.2 Å². The SMILES string of the molecule is FC(F)(F)Oc1cnc(I)c(I)c1I. The fraction of sp³-hybridized carbons (Fsp3) is 0.167. The third-order valence-electron chi connectivity index (χ3n) is 1.11. The van der Waals surface area contributed by atoms with E-state index < -0.39 is 6.36 Å². The number of hydrogen-bond donors (Lipinski definition) is 0. The smallest absolute Gasteiger partial charge is 0.403 e. The van der Waals surface area contributed by atoms with E-state index >= 15 is 0 Å². The summed E-state index contributed by atoms with van der Waals surface area (Å²) in [4.78, 5) is 3.77. The predicted molar refractivity (Wildman–Crippen MR) is 69.1 cm³/mol. The molecule has 0 N–H and O–H groups in total. The molecule has 0 aliphatic rings. The highest BCUT2D eigenvalue weighted by Gasteiger charge is 2.32. The van der Waals surface area contributed by atoms with E-state index in [9.17, 15) is 13.2 Å². The Kier molecular flexibility index (Phi) is 4.50. The van der Waals surface area contributed by atoms with Crippen LogP contribution in [-0.2, 0) is 0 Å². The van der Waals surface area contributed by atoms with E-state index in [0.29, 0.717) is 10.8 Å². The molecule has 0 atom stereocenters. The summed E-state index contributed by atoms with van der Waals surface area (Å²) in [5.41, 5.74) is 0. The number of alkyl halides is 3. The summed E-state index contributed by atoms with van der Waals surface area (Å²) in [5.74, 6) is -0.261. The van der Waals surface area contributed by atoms with Crippen molar-refractivity contribution in [1.29, 1.82) is 0 Å². The minimum Gasteiger partial charge on any atom is -0.403 e. The van der Waals surface area contributed by atoms with Crippen LogP contribution in [-0.4, -0.2) is 11.3 Å². The molecular formula is C6HF3I3NO. The van der Waals surface area contributed by atoms with Crippen LogP contribution in [0, 0.1) is 10.8 Å². The molecule has 0 saturated heterocycles. The Balaban J connectivity index is 3.06. The second-order valence-corrected chi connectivity index (χ2v) is 5.27. The van der Waals surface area contributed by atoms with Crippen molar-refractivity contribution in [2.24, 2.45) is 0 Å². The molecule has 0 unspecified atom stereocenters. The lowest BCUT2D eigenvalue weighted by atomic mass is 10.5. The van der Waals surface area contributed by atoms with Crippen molar-refractivity contribution in [1.82, 2.24) is 4.98 Å². The van der Waals surface area contributed by atoms with Gasteiger partial charge in [-0.05, 0) is 67.8 Å². The van der Waals surface area contributed by atoms with Crippen molar-refractivity contribution in [3.8, 4) is 5.75 Å². The average molecular weight is 541 g/mol. The third-order valence-corrected chi connectivity index (χ3v) is 6.11. The van der Waals surface area contributed by atoms with Gasteiger partial charge in [-0.2, -0.15) is 0 Å². The van der Waals surface area contributed by atoms with E-state index in [-0.39, 0.29) is 5.75 Å². The summed E-state index contributed by atoms with van der Waals surface area (Å²) < 4.78 is 41.2. The second kappa shape index (κ2) is 4.84. The minimum atomic E-state index is -4.67. The highest BCUT2D eigenvalue weighted by atomic mass is 127. The molecule has 1 aromatic heterocycles. The summed E-state index contributed by atoms with van der Waals surface area (Å²) in [7, 11) is 0. The predicted octanol–water partition coefficient (Wildman–Crippen LogP) is 3.79. The molecule has 0 aromatic carbocycles. The van der Waals surface area contributed by atoms with E-state index in [1.165, 1.54) is 0 Å². The second-order valence-electron chi connectivity index (χ2n) is 2.09. The van der Waals surface area contributed by atoms with Crippen molar-refractivity contribution in [3.63, 3.8) is 0 Å². The fourth-order valence-electron chi connectivity index (χ4n) is 0.623. The lowest BCUT2D eigenvalue weighted by Gasteiger charge is -2.11. The first kappa shape index (κ1) is 13.0. The molecule has 8 heteroatoms. The first-order valence-electron chi connectivity index (χ1n) is 3.06. The topological polar surface area (TPSA) is 22.1 Å². The molecule has 14 heavy (non-hydrogen) atoms. The van der Waals surface area contributed by atoms with Gasteiger partial charge in [0.25, 0.3) is 0 Å². The van der Waals surface area contributed by atoms with Gasteiger partial charge in [0, 0.05) is 0 Å². The van der Waals surface area contributed by atoms with Crippen LogP contribution in [0.5, 0.6) is 5.75 Å². The molecule has 0 radical (unpaired) electrons. The van der Waals surface area contributed by atoms with Crippen LogP contribution in [0.1, 0.15) is 0 Å². The molecule has 0 aliphatic carbocycles. The van der Waals surface area contributed by atoms with E-state index in [1.54, 1.807) is 22.6 Å². The molecule has 1 heterocycles. The van der Waals surface area contributed by atoms with Crippen LogP contribution in [0.15, 0.2) is 6.20 Å². The number of pyridine rings is 1. The quantitative estimate of drug-likeness (QED) is 0.400. The van der Waals surface area contributed by atoms with E-state index in [1.807, 2.05) is 45.2 Å². The number of rotatable bonds is 1. The molecule has 0 aliphatic heterocycles. The van der Waals surface area contributed by atoms with Gasteiger partial charge in [0.1, 0.15) is 3.70 Å². The lowest BCUT2D eigenvalue weighted by molar-refractivity contribution is -0.275. The maximum absolute atomic E-state index is 11.9. The molecule has 0 amide bonds. The molecule has 0 spiro atoms. The Hall–Kier alpha value is 0.930. The van der Waals surface area contributed by atoms with Gasteiger partial charge in [-0.3, -0.25) is 0 Å². The van der Waals surface area contributed by atoms with Crippen molar-refractivity contribution < 1.29 is 17.9 Å². The van der Waals surface area contributed by atoms with Gasteiger partial charge in [-0.15, -0.1) is 13.2 Å². The maximum Gasteiger partial charge on any atom is 0.573 e. The molecule has 0 fully saturated rings. The summed E-state index contributed by atoms with van der Waals surface area (Å²) in [6.07, 6.45) is -3.60. The van der Waals surface area contributed by atoms with E-state index in [4.69, 9.17) is 0 Å². The Labute approximate surface area is 118 Å². The van der Waals surface area contributed by atoms with Gasteiger partial charge in [0.15, 0.2) is 5.75 Å². The normalized spacial score (nSPS) is 11.6. The number of hydrogen-bond acceptors (Lipinski definition) is 2. The summed E-state index contributed by atoms with van der Waals surface area (Å²) >= 11 is 5.66. The zero-order valence-electron chi connectivity index (χ0n) is 6.20. The Morgan fingerprint density at radius 3 is 2.21 bits per heavy atom. The zero-order chi connectivity index (χ0) is 10.9. The summed E-state index contributed by atoms with van der Waals surface area (Å²) in [6, 6.07) is 0. The van der Waals surface area contributed by atoms with Gasteiger partial charge in [0.05, 0.1) is 13.3 Å². The number of ether oxygens (including phenoxy) is 1. The standard InChI is InChI=1S/C6HF3I3NO/c7-6(8,9)14-2-1-13-5(12)4(11)3(2)10/h1H. The molecular weight excluding hydrogens is 540 g/mol. The van der Waals surface area contributed by atoms with Crippen LogP contribution in [0.3, 0.4) is 0 Å². The minimum absolute atomic E-state index is 0.261. The average Bonchev–Trinajstić information content (AvgIpc) is 2.04. The summed E-state index contributed by atoms with van der Waals surface area (Å²) in [5, 5.41) is 0. The van der Waals surface area contributed by atoms with Gasteiger partial charge in [0.2, 0.25) is 0 Å². The highest BCUT2D eigenvalue weighted by Crippen LogP contribution is 2.31. The molecule has 0 bridgehead atoms. The third kappa shape index (κ3) is 3.50. The fourth-order valence-corrected chi connectivity index (χ4v) is 2.46. The first-order chi connectivity index (χ1) is 6.31. The van der Waals surface area contributed by atoms with Gasteiger partial charge >= 0.3 is 6.36 Å². The zero-order valence-corrected chi connectivity index (χ0v) is 12.7. The number of nitrogens with zero attached hydrogens (tertiary/aromatic N) is 1. The summed E-state index contributed by atoms with van der Waals surface area (Å²) in [6.45, 7) is 0. The molecule has 2 nitrogen and oxygen atoms in total. The first-order valence-corrected chi connectivity index (χ1v) is 6.30. The van der Waals surface area contributed by atoms with Crippen LogP contribution >= 0.6 is 67.8 Å².